The van der Waals surface area contributed by atoms with E-state index in [1.807, 2.05) is 6.92 Å². The maximum atomic E-state index is 5.39. The summed E-state index contributed by atoms with van der Waals surface area (Å²) in [6, 6.07) is 0. The van der Waals surface area contributed by atoms with Crippen molar-refractivity contribution in [3.63, 3.8) is 0 Å². The fourth-order valence-corrected chi connectivity index (χ4v) is 0.621. The number of nitrogens with zero attached hydrogens (tertiary/aromatic N) is 2. The van der Waals surface area contributed by atoms with Crippen molar-refractivity contribution < 1.29 is 4.52 Å². The van der Waals surface area contributed by atoms with Gasteiger partial charge in [0.2, 0.25) is 5.89 Å². The molecule has 1 aromatic heterocycles. The molecule has 4 heteroatoms. The van der Waals surface area contributed by atoms with E-state index in [-0.39, 0.29) is 5.92 Å². The third-order valence-corrected chi connectivity index (χ3v) is 1.34. The van der Waals surface area contributed by atoms with Crippen molar-refractivity contribution in [1.29, 1.82) is 0 Å². The predicted molar refractivity (Wildman–Crippen MR) is 36.5 cm³/mol. The molecule has 1 rings (SSSR count). The molecule has 0 bridgehead atoms. The molecule has 0 aliphatic carbocycles. The van der Waals surface area contributed by atoms with Crippen LogP contribution in [0, 0.1) is 6.92 Å². The van der Waals surface area contributed by atoms with Crippen molar-refractivity contribution in [2.75, 3.05) is 6.54 Å². The molecule has 0 saturated carbocycles. The van der Waals surface area contributed by atoms with Gasteiger partial charge in [-0.05, 0) is 0 Å². The minimum atomic E-state index is 0.192. The van der Waals surface area contributed by atoms with Crippen LogP contribution in [0.1, 0.15) is 24.6 Å². The SMILES string of the molecule is Cc1nc(C(C)CN)no1. The fourth-order valence-electron chi connectivity index (χ4n) is 0.621. The Bertz CT molecular complexity index is 209. The maximum Gasteiger partial charge on any atom is 0.223 e. The second kappa shape index (κ2) is 2.79. The van der Waals surface area contributed by atoms with Crippen molar-refractivity contribution >= 4 is 0 Å². The molecule has 2 N–H and O–H groups in total. The quantitative estimate of drug-likeness (QED) is 0.649. The Morgan fingerprint density at radius 1 is 1.70 bits per heavy atom. The van der Waals surface area contributed by atoms with Gasteiger partial charge in [-0.3, -0.25) is 0 Å². The standard InChI is InChI=1S/C6H11N3O/c1-4(3-7)6-8-5(2)10-9-6/h4H,3,7H2,1-2H3. The van der Waals surface area contributed by atoms with Crippen LogP contribution < -0.4 is 5.73 Å². The Kier molecular flexibility index (Phi) is 2.01. The van der Waals surface area contributed by atoms with E-state index in [4.69, 9.17) is 10.3 Å². The van der Waals surface area contributed by atoms with Crippen LogP contribution in [0.5, 0.6) is 0 Å². The molecule has 0 aliphatic rings. The van der Waals surface area contributed by atoms with Gasteiger partial charge in [-0.15, -0.1) is 0 Å². The van der Waals surface area contributed by atoms with Crippen LogP contribution in [-0.2, 0) is 0 Å². The molecule has 0 radical (unpaired) electrons. The molecular weight excluding hydrogens is 130 g/mol. The summed E-state index contributed by atoms with van der Waals surface area (Å²) in [5.41, 5.74) is 5.39. The van der Waals surface area contributed by atoms with Gasteiger partial charge >= 0.3 is 0 Å². The van der Waals surface area contributed by atoms with Crippen molar-refractivity contribution in [3.8, 4) is 0 Å². The van der Waals surface area contributed by atoms with Gasteiger partial charge in [0.1, 0.15) is 0 Å². The van der Waals surface area contributed by atoms with Crippen LogP contribution in [-0.4, -0.2) is 16.7 Å². The normalized spacial score (nSPS) is 13.5. The summed E-state index contributed by atoms with van der Waals surface area (Å²) < 4.78 is 4.77. The zero-order valence-corrected chi connectivity index (χ0v) is 6.16. The second-order valence-corrected chi connectivity index (χ2v) is 2.31. The van der Waals surface area contributed by atoms with Crippen LogP contribution in [0.25, 0.3) is 0 Å². The molecule has 10 heavy (non-hydrogen) atoms. The van der Waals surface area contributed by atoms with Gasteiger partial charge in [0.05, 0.1) is 0 Å². The van der Waals surface area contributed by atoms with Gasteiger partial charge in [-0.25, -0.2) is 0 Å². The lowest BCUT2D eigenvalue weighted by Crippen LogP contribution is -2.10. The lowest BCUT2D eigenvalue weighted by Gasteiger charge is -1.98. The van der Waals surface area contributed by atoms with Crippen LogP contribution in [0.3, 0.4) is 0 Å². The van der Waals surface area contributed by atoms with E-state index in [2.05, 4.69) is 10.1 Å². The van der Waals surface area contributed by atoms with Gasteiger partial charge in [-0.1, -0.05) is 12.1 Å². The largest absolute Gasteiger partial charge is 0.340 e. The molecule has 0 aliphatic heterocycles. The monoisotopic (exact) mass is 141 g/mol. The van der Waals surface area contributed by atoms with E-state index in [1.165, 1.54) is 0 Å². The number of hydrogen-bond acceptors (Lipinski definition) is 4. The summed E-state index contributed by atoms with van der Waals surface area (Å²) in [6.45, 7) is 4.28. The molecule has 0 aromatic carbocycles. The molecule has 1 atom stereocenters. The summed E-state index contributed by atoms with van der Waals surface area (Å²) in [5, 5.41) is 3.72. The minimum Gasteiger partial charge on any atom is -0.340 e. The smallest absolute Gasteiger partial charge is 0.223 e. The first kappa shape index (κ1) is 7.21. The second-order valence-electron chi connectivity index (χ2n) is 2.31. The topological polar surface area (TPSA) is 64.9 Å². The van der Waals surface area contributed by atoms with E-state index in [0.29, 0.717) is 18.3 Å². The summed E-state index contributed by atoms with van der Waals surface area (Å²) >= 11 is 0. The first-order valence-electron chi connectivity index (χ1n) is 3.24. The highest BCUT2D eigenvalue weighted by atomic mass is 16.5. The van der Waals surface area contributed by atoms with Crippen LogP contribution in [0.2, 0.25) is 0 Å². The number of aromatic nitrogens is 2. The Morgan fingerprint density at radius 3 is 2.80 bits per heavy atom. The molecule has 56 valence electrons. The summed E-state index contributed by atoms with van der Waals surface area (Å²) in [6.07, 6.45) is 0. The fraction of sp³-hybridized carbons (Fsp3) is 0.667. The van der Waals surface area contributed by atoms with E-state index >= 15 is 0 Å². The van der Waals surface area contributed by atoms with E-state index < -0.39 is 0 Å². The predicted octanol–water partition coefficient (Wildman–Crippen LogP) is 0.440. The number of rotatable bonds is 2. The molecule has 0 amide bonds. The highest BCUT2D eigenvalue weighted by Crippen LogP contribution is 2.07. The number of aryl methyl sites for hydroxylation is 1. The Balaban J connectivity index is 2.74. The van der Waals surface area contributed by atoms with Crippen molar-refractivity contribution in [2.24, 2.45) is 5.73 Å². The lowest BCUT2D eigenvalue weighted by atomic mass is 10.2. The lowest BCUT2D eigenvalue weighted by molar-refractivity contribution is 0.384. The summed E-state index contributed by atoms with van der Waals surface area (Å²) in [4.78, 5) is 4.02. The zero-order chi connectivity index (χ0) is 7.56. The van der Waals surface area contributed by atoms with Crippen LogP contribution >= 0.6 is 0 Å². The van der Waals surface area contributed by atoms with E-state index in [1.54, 1.807) is 6.92 Å². The van der Waals surface area contributed by atoms with Gasteiger partial charge in [0, 0.05) is 19.4 Å². The first-order chi connectivity index (χ1) is 4.74. The summed E-state index contributed by atoms with van der Waals surface area (Å²) in [5.74, 6) is 1.48. The maximum absolute atomic E-state index is 5.39. The molecule has 0 spiro atoms. The van der Waals surface area contributed by atoms with Gasteiger partial charge in [0.15, 0.2) is 5.82 Å². The number of hydrogen-bond donors (Lipinski definition) is 1. The highest BCUT2D eigenvalue weighted by molar-refractivity contribution is 4.92. The Hall–Kier alpha value is -0.900. The number of nitrogens with two attached hydrogens (primary N) is 1. The molecular formula is C6H11N3O. The first-order valence-corrected chi connectivity index (χ1v) is 3.24. The molecule has 1 aromatic rings. The Labute approximate surface area is 59.4 Å². The van der Waals surface area contributed by atoms with Crippen molar-refractivity contribution in [3.05, 3.63) is 11.7 Å². The van der Waals surface area contributed by atoms with Crippen molar-refractivity contribution in [2.45, 2.75) is 19.8 Å². The zero-order valence-electron chi connectivity index (χ0n) is 6.16. The third kappa shape index (κ3) is 1.33. The highest BCUT2D eigenvalue weighted by Gasteiger charge is 2.08. The minimum absolute atomic E-state index is 0.192. The summed E-state index contributed by atoms with van der Waals surface area (Å²) in [7, 11) is 0. The van der Waals surface area contributed by atoms with Crippen LogP contribution in [0.4, 0.5) is 0 Å². The van der Waals surface area contributed by atoms with Gasteiger partial charge in [-0.2, -0.15) is 4.98 Å². The average molecular weight is 141 g/mol. The molecule has 1 heterocycles. The third-order valence-electron chi connectivity index (χ3n) is 1.34. The molecule has 0 saturated heterocycles. The molecule has 1 unspecified atom stereocenters. The van der Waals surface area contributed by atoms with E-state index in [0.717, 1.165) is 0 Å². The molecule has 0 fully saturated rings. The Morgan fingerprint density at radius 2 is 2.40 bits per heavy atom. The van der Waals surface area contributed by atoms with Crippen molar-refractivity contribution in [1.82, 2.24) is 10.1 Å². The van der Waals surface area contributed by atoms with Crippen LogP contribution in [0.15, 0.2) is 4.52 Å². The van der Waals surface area contributed by atoms with E-state index in [9.17, 15) is 0 Å². The average Bonchev–Trinajstić information content (AvgIpc) is 2.34. The van der Waals surface area contributed by atoms with Gasteiger partial charge in [0.25, 0.3) is 0 Å². The van der Waals surface area contributed by atoms with Gasteiger partial charge < -0.3 is 10.3 Å². The molecule has 4 nitrogen and oxygen atoms in total.